The number of benzene rings is 1. The van der Waals surface area contributed by atoms with Gasteiger partial charge in [-0.3, -0.25) is 4.79 Å². The number of hydrogen-bond acceptors (Lipinski definition) is 4. The molecule has 9 heteroatoms. The molecule has 1 amide bonds. The van der Waals surface area contributed by atoms with Crippen LogP contribution in [0.4, 0.5) is 18.2 Å². The minimum absolute atomic E-state index is 0.0816. The highest BCUT2D eigenvalue weighted by Gasteiger charge is 2.33. The van der Waals surface area contributed by atoms with Crippen molar-refractivity contribution in [3.05, 3.63) is 45.8 Å². The Kier molecular flexibility index (Phi) is 5.57. The first-order valence-electron chi connectivity index (χ1n) is 6.08. The number of nitrogens with zero attached hydrogens (tertiary/aromatic N) is 1. The van der Waals surface area contributed by atoms with E-state index < -0.39 is 17.6 Å². The van der Waals surface area contributed by atoms with Gasteiger partial charge in [-0.1, -0.05) is 11.6 Å². The quantitative estimate of drug-likeness (QED) is 0.762. The molecule has 0 saturated heterocycles. The number of rotatable bonds is 4. The molecule has 0 bridgehead atoms. The molecule has 0 radical (unpaired) electrons. The molecule has 1 N–H and O–H groups in total. The third-order valence-electron chi connectivity index (χ3n) is 2.65. The average molecular weight is 377 g/mol. The van der Waals surface area contributed by atoms with E-state index in [4.69, 9.17) is 16.9 Å². The number of anilines is 1. The molecule has 3 nitrogen and oxygen atoms in total. The number of thiophene rings is 1. The van der Waals surface area contributed by atoms with Crippen molar-refractivity contribution in [3.8, 4) is 6.07 Å². The molecule has 0 fully saturated rings. The number of nitriles is 1. The topological polar surface area (TPSA) is 52.9 Å². The van der Waals surface area contributed by atoms with Crippen LogP contribution >= 0.6 is 34.7 Å². The molecule has 1 aromatic heterocycles. The lowest BCUT2D eigenvalue weighted by molar-refractivity contribution is -0.137. The molecular formula is C14H8ClF3N2OS2. The molecule has 120 valence electrons. The van der Waals surface area contributed by atoms with Crippen LogP contribution in [-0.4, -0.2) is 11.7 Å². The summed E-state index contributed by atoms with van der Waals surface area (Å²) in [6.45, 7) is 0. The lowest BCUT2D eigenvalue weighted by Crippen LogP contribution is -2.13. The van der Waals surface area contributed by atoms with Gasteiger partial charge in [-0.25, -0.2) is 0 Å². The number of nitrogens with one attached hydrogen (secondary N) is 1. The Hall–Kier alpha value is -1.69. The Morgan fingerprint density at radius 3 is 2.78 bits per heavy atom. The standard InChI is InChI=1S/C14H8ClF3N2OS2/c15-11-2-1-9(5-10(11)14(16,17)18)23-7-12(21)20-13-8(6-19)3-4-22-13/h1-5H,7H2,(H,20,21). The largest absolute Gasteiger partial charge is 0.417 e. The maximum absolute atomic E-state index is 12.8. The summed E-state index contributed by atoms with van der Waals surface area (Å²) in [6.07, 6.45) is -4.55. The fourth-order valence-corrected chi connectivity index (χ4v) is 3.33. The monoisotopic (exact) mass is 376 g/mol. The SMILES string of the molecule is N#Cc1ccsc1NC(=O)CSc1ccc(Cl)c(C(F)(F)F)c1. The van der Waals surface area contributed by atoms with Crippen LogP contribution in [0.15, 0.2) is 34.5 Å². The Balaban J connectivity index is 2.01. The molecule has 0 aliphatic carbocycles. The highest BCUT2D eigenvalue weighted by atomic mass is 35.5. The molecule has 2 aromatic rings. The fraction of sp³-hybridized carbons (Fsp3) is 0.143. The van der Waals surface area contributed by atoms with Gasteiger partial charge in [0.2, 0.25) is 5.91 Å². The van der Waals surface area contributed by atoms with Gasteiger partial charge in [0, 0.05) is 4.90 Å². The van der Waals surface area contributed by atoms with E-state index in [-0.39, 0.29) is 15.7 Å². The van der Waals surface area contributed by atoms with Crippen LogP contribution in [-0.2, 0) is 11.0 Å². The van der Waals surface area contributed by atoms with Crippen LogP contribution in [0.5, 0.6) is 0 Å². The van der Waals surface area contributed by atoms with Gasteiger partial charge in [0.05, 0.1) is 21.9 Å². The van der Waals surface area contributed by atoms with Gasteiger partial charge in [0.15, 0.2) is 0 Å². The van der Waals surface area contributed by atoms with Gasteiger partial charge in [0.25, 0.3) is 0 Å². The summed E-state index contributed by atoms with van der Waals surface area (Å²) >= 11 is 7.69. The molecule has 0 aliphatic heterocycles. The minimum Gasteiger partial charge on any atom is -0.316 e. The summed E-state index contributed by atoms with van der Waals surface area (Å²) in [5.74, 6) is -0.487. The highest BCUT2D eigenvalue weighted by molar-refractivity contribution is 8.00. The summed E-state index contributed by atoms with van der Waals surface area (Å²) in [5.41, 5.74) is -0.589. The Labute approximate surface area is 143 Å². The third kappa shape index (κ3) is 4.64. The van der Waals surface area contributed by atoms with Gasteiger partial charge >= 0.3 is 6.18 Å². The first kappa shape index (κ1) is 17.7. The molecule has 0 aliphatic rings. The van der Waals surface area contributed by atoms with Crippen molar-refractivity contribution in [1.82, 2.24) is 0 Å². The van der Waals surface area contributed by atoms with Gasteiger partial charge in [-0.05, 0) is 29.6 Å². The second-order valence-electron chi connectivity index (χ2n) is 4.25. The zero-order valence-corrected chi connectivity index (χ0v) is 13.7. The lowest BCUT2D eigenvalue weighted by Gasteiger charge is -2.10. The summed E-state index contributed by atoms with van der Waals surface area (Å²) < 4.78 is 38.3. The van der Waals surface area contributed by atoms with Crippen molar-refractivity contribution in [2.75, 3.05) is 11.1 Å². The molecule has 1 heterocycles. The zero-order valence-electron chi connectivity index (χ0n) is 11.3. The second-order valence-corrected chi connectivity index (χ2v) is 6.62. The molecule has 0 spiro atoms. The van der Waals surface area contributed by atoms with Gasteiger partial charge < -0.3 is 5.32 Å². The summed E-state index contributed by atoms with van der Waals surface area (Å²) in [4.78, 5) is 12.1. The maximum atomic E-state index is 12.8. The van der Waals surface area contributed by atoms with E-state index in [1.807, 2.05) is 6.07 Å². The van der Waals surface area contributed by atoms with Crippen molar-refractivity contribution >= 4 is 45.6 Å². The Morgan fingerprint density at radius 1 is 1.39 bits per heavy atom. The van der Waals surface area contributed by atoms with Crippen molar-refractivity contribution < 1.29 is 18.0 Å². The molecule has 0 atom stereocenters. The predicted octanol–water partition coefficient (Wildman–Crippen LogP) is 5.02. The Morgan fingerprint density at radius 2 is 2.13 bits per heavy atom. The smallest absolute Gasteiger partial charge is 0.316 e. The van der Waals surface area contributed by atoms with Gasteiger partial charge in [-0.15, -0.1) is 23.1 Å². The van der Waals surface area contributed by atoms with Crippen LogP contribution in [0.25, 0.3) is 0 Å². The van der Waals surface area contributed by atoms with E-state index in [0.717, 1.165) is 23.9 Å². The molecular weight excluding hydrogens is 369 g/mol. The predicted molar refractivity (Wildman–Crippen MR) is 84.8 cm³/mol. The van der Waals surface area contributed by atoms with E-state index in [1.54, 1.807) is 11.4 Å². The van der Waals surface area contributed by atoms with Crippen LogP contribution in [0.2, 0.25) is 5.02 Å². The van der Waals surface area contributed by atoms with E-state index >= 15 is 0 Å². The maximum Gasteiger partial charge on any atom is 0.417 e. The van der Waals surface area contributed by atoms with Crippen LogP contribution in [0.1, 0.15) is 11.1 Å². The number of halogens is 4. The van der Waals surface area contributed by atoms with Gasteiger partial charge in [0.1, 0.15) is 11.1 Å². The molecule has 0 saturated carbocycles. The van der Waals surface area contributed by atoms with Crippen LogP contribution in [0.3, 0.4) is 0 Å². The number of hydrogen-bond donors (Lipinski definition) is 1. The van der Waals surface area contributed by atoms with Gasteiger partial charge in [-0.2, -0.15) is 18.4 Å². The molecule has 1 aromatic carbocycles. The average Bonchev–Trinajstić information content (AvgIpc) is 2.92. The van der Waals surface area contributed by atoms with Crippen LogP contribution in [0, 0.1) is 11.3 Å². The van der Waals surface area contributed by atoms with Crippen molar-refractivity contribution in [2.24, 2.45) is 0 Å². The summed E-state index contributed by atoms with van der Waals surface area (Å²) in [6, 6.07) is 6.98. The van der Waals surface area contributed by atoms with Crippen molar-refractivity contribution in [2.45, 2.75) is 11.1 Å². The normalized spacial score (nSPS) is 11.1. The van der Waals surface area contributed by atoms with E-state index in [2.05, 4.69) is 5.32 Å². The molecule has 2 rings (SSSR count). The van der Waals surface area contributed by atoms with Crippen LogP contribution < -0.4 is 5.32 Å². The summed E-state index contributed by atoms with van der Waals surface area (Å²) in [7, 11) is 0. The number of carbonyl (C=O) groups excluding carboxylic acids is 1. The Bertz CT molecular complexity index is 768. The number of thioether (sulfide) groups is 1. The highest BCUT2D eigenvalue weighted by Crippen LogP contribution is 2.37. The number of alkyl halides is 3. The number of carbonyl (C=O) groups is 1. The molecule has 0 unspecified atom stereocenters. The zero-order chi connectivity index (χ0) is 17.0. The second kappa shape index (κ2) is 7.25. The van der Waals surface area contributed by atoms with E-state index in [1.165, 1.54) is 17.4 Å². The third-order valence-corrected chi connectivity index (χ3v) is 4.81. The van der Waals surface area contributed by atoms with Crippen molar-refractivity contribution in [3.63, 3.8) is 0 Å². The fourth-order valence-electron chi connectivity index (χ4n) is 1.62. The number of amides is 1. The lowest BCUT2D eigenvalue weighted by atomic mass is 10.2. The first-order valence-corrected chi connectivity index (χ1v) is 8.32. The minimum atomic E-state index is -4.55. The van der Waals surface area contributed by atoms with E-state index in [0.29, 0.717) is 10.6 Å². The first-order chi connectivity index (χ1) is 10.8. The van der Waals surface area contributed by atoms with Crippen molar-refractivity contribution in [1.29, 1.82) is 5.26 Å². The summed E-state index contributed by atoms with van der Waals surface area (Å²) in [5, 5.41) is 13.1. The van der Waals surface area contributed by atoms with E-state index in [9.17, 15) is 18.0 Å². The molecule has 23 heavy (non-hydrogen) atoms.